The van der Waals surface area contributed by atoms with E-state index in [-0.39, 0.29) is 11.8 Å². The Kier molecular flexibility index (Phi) is 5.81. The molecule has 4 aromatic rings. The Bertz CT molecular complexity index is 1450. The van der Waals surface area contributed by atoms with Crippen LogP contribution in [0.3, 0.4) is 0 Å². The average Bonchev–Trinajstić information content (AvgIpc) is 3.44. The van der Waals surface area contributed by atoms with Crippen molar-refractivity contribution in [1.82, 2.24) is 25.1 Å². The summed E-state index contributed by atoms with van der Waals surface area (Å²) in [5.41, 5.74) is 6.78. The maximum Gasteiger partial charge on any atom is 0.251 e. The topological polar surface area (TPSA) is 111 Å². The third-order valence-corrected chi connectivity index (χ3v) is 6.89. The van der Waals surface area contributed by atoms with Gasteiger partial charge in [-0.1, -0.05) is 11.3 Å². The molecule has 1 aliphatic carbocycles. The highest BCUT2D eigenvalue weighted by molar-refractivity contribution is 7.19. The zero-order chi connectivity index (χ0) is 24.7. The first-order chi connectivity index (χ1) is 16.9. The molecule has 178 valence electrons. The number of aryl methyl sites for hydroxylation is 2. The second-order valence-electron chi connectivity index (χ2n) is 8.22. The van der Waals surface area contributed by atoms with E-state index >= 15 is 0 Å². The molecule has 1 aromatic carbocycles. The van der Waals surface area contributed by atoms with E-state index in [1.807, 2.05) is 36.0 Å². The molecule has 9 nitrogen and oxygen atoms in total. The number of amides is 2. The highest BCUT2D eigenvalue weighted by Crippen LogP contribution is 2.45. The summed E-state index contributed by atoms with van der Waals surface area (Å²) in [6.45, 7) is 3.42. The minimum absolute atomic E-state index is 0.164. The molecule has 2 amide bonds. The Balaban J connectivity index is 1.74. The predicted octanol–water partition coefficient (Wildman–Crippen LogP) is 3.79. The molecule has 2 N–H and O–H groups in total. The van der Waals surface area contributed by atoms with Crippen molar-refractivity contribution < 1.29 is 14.3 Å². The van der Waals surface area contributed by atoms with E-state index < -0.39 is 0 Å². The van der Waals surface area contributed by atoms with Gasteiger partial charge in [-0.3, -0.25) is 14.6 Å². The van der Waals surface area contributed by atoms with Gasteiger partial charge in [-0.2, -0.15) is 5.10 Å². The number of carbonyl (C=O) groups is 2. The number of fused-ring (bicyclic) bond motifs is 3. The van der Waals surface area contributed by atoms with Gasteiger partial charge < -0.3 is 15.4 Å². The van der Waals surface area contributed by atoms with Crippen LogP contribution in [0.15, 0.2) is 36.5 Å². The summed E-state index contributed by atoms with van der Waals surface area (Å²) in [5.74, 6) is 0.153. The van der Waals surface area contributed by atoms with Gasteiger partial charge in [0.2, 0.25) is 5.91 Å². The van der Waals surface area contributed by atoms with Crippen LogP contribution in [0.2, 0.25) is 0 Å². The van der Waals surface area contributed by atoms with Gasteiger partial charge in [0, 0.05) is 42.6 Å². The lowest BCUT2D eigenvalue weighted by atomic mass is 9.95. The number of ether oxygens (including phenoxy) is 1. The van der Waals surface area contributed by atoms with Gasteiger partial charge in [0.15, 0.2) is 5.13 Å². The maximum atomic E-state index is 12.2. The average molecular weight is 489 g/mol. The molecule has 3 aromatic heterocycles. The van der Waals surface area contributed by atoms with Crippen LogP contribution >= 0.6 is 11.3 Å². The highest BCUT2D eigenvalue weighted by atomic mass is 32.1. The first-order valence-electron chi connectivity index (χ1n) is 11.1. The molecule has 0 fully saturated rings. The molecule has 1 aliphatic rings. The number of nitrogens with zero attached hydrogens (tertiary/aromatic N) is 4. The van der Waals surface area contributed by atoms with Gasteiger partial charge in [-0.15, -0.1) is 0 Å². The lowest BCUT2D eigenvalue weighted by Gasteiger charge is -2.16. The number of hydrogen-bond acceptors (Lipinski definition) is 7. The summed E-state index contributed by atoms with van der Waals surface area (Å²) < 4.78 is 7.53. The number of hydrogen-bond donors (Lipinski definition) is 2. The van der Waals surface area contributed by atoms with Crippen LogP contribution in [0.4, 0.5) is 5.13 Å². The van der Waals surface area contributed by atoms with Crippen molar-refractivity contribution in [2.24, 2.45) is 0 Å². The van der Waals surface area contributed by atoms with Crippen LogP contribution in [0.5, 0.6) is 5.75 Å². The van der Waals surface area contributed by atoms with Gasteiger partial charge in [-0.05, 0) is 50.1 Å². The summed E-state index contributed by atoms with van der Waals surface area (Å²) in [6.07, 6.45) is 3.32. The van der Waals surface area contributed by atoms with Crippen LogP contribution in [0, 0.1) is 6.92 Å². The molecule has 0 bridgehead atoms. The van der Waals surface area contributed by atoms with Gasteiger partial charge in [0.25, 0.3) is 5.91 Å². The Labute approximate surface area is 206 Å². The zero-order valence-corrected chi connectivity index (χ0v) is 20.6. The number of carbonyl (C=O) groups excluding carboxylic acids is 2. The lowest BCUT2D eigenvalue weighted by Crippen LogP contribution is -2.18. The van der Waals surface area contributed by atoms with Crippen molar-refractivity contribution in [1.29, 1.82) is 0 Å². The number of aromatic nitrogens is 4. The highest BCUT2D eigenvalue weighted by Gasteiger charge is 2.31. The van der Waals surface area contributed by atoms with Gasteiger partial charge in [-0.25, -0.2) is 9.67 Å². The zero-order valence-electron chi connectivity index (χ0n) is 19.8. The van der Waals surface area contributed by atoms with E-state index in [0.29, 0.717) is 22.1 Å². The third kappa shape index (κ3) is 4.06. The van der Waals surface area contributed by atoms with E-state index in [9.17, 15) is 9.59 Å². The molecule has 0 saturated heterocycles. The lowest BCUT2D eigenvalue weighted by molar-refractivity contribution is -0.114. The Morgan fingerprint density at radius 1 is 1.17 bits per heavy atom. The molecular formula is C25H24N6O3S. The summed E-state index contributed by atoms with van der Waals surface area (Å²) in [4.78, 5) is 33.9. The van der Waals surface area contributed by atoms with Crippen molar-refractivity contribution in [3.8, 4) is 33.3 Å². The molecule has 0 aliphatic heterocycles. The second kappa shape index (κ2) is 8.95. The Morgan fingerprint density at radius 2 is 2.00 bits per heavy atom. The number of benzene rings is 1. The minimum atomic E-state index is -0.201. The maximum absolute atomic E-state index is 12.2. The molecule has 0 spiro atoms. The Hall–Kier alpha value is -4.05. The van der Waals surface area contributed by atoms with E-state index in [1.54, 1.807) is 26.3 Å². The van der Waals surface area contributed by atoms with Crippen molar-refractivity contribution >= 4 is 28.3 Å². The summed E-state index contributed by atoms with van der Waals surface area (Å²) in [5, 5.41) is 11.0. The van der Waals surface area contributed by atoms with Crippen molar-refractivity contribution in [3.63, 3.8) is 0 Å². The smallest absolute Gasteiger partial charge is 0.251 e. The predicted molar refractivity (Wildman–Crippen MR) is 134 cm³/mol. The second-order valence-corrected chi connectivity index (χ2v) is 9.22. The van der Waals surface area contributed by atoms with E-state index in [1.165, 1.54) is 18.3 Å². The summed E-state index contributed by atoms with van der Waals surface area (Å²) in [6, 6.07) is 9.27. The minimum Gasteiger partial charge on any atom is -0.494 e. The van der Waals surface area contributed by atoms with Crippen molar-refractivity contribution in [2.75, 3.05) is 19.5 Å². The molecule has 0 atom stereocenters. The van der Waals surface area contributed by atoms with Crippen LogP contribution in [0.25, 0.3) is 27.5 Å². The van der Waals surface area contributed by atoms with Gasteiger partial charge in [0.05, 0.1) is 29.1 Å². The standard InChI is InChI=1S/C25H24N6O3S/c1-13-5-6-16(12-27-13)21-17-8-9-18-23(35-25(29-18)28-14(2)32)22(17)31(30-21)19-10-7-15(24(33)26-3)11-20(19)34-4/h5-7,10-12H,8-9H2,1-4H3,(H,26,33)(H,28,29,32). The van der Waals surface area contributed by atoms with Crippen molar-refractivity contribution in [3.05, 3.63) is 59.0 Å². The van der Waals surface area contributed by atoms with Crippen LogP contribution in [0.1, 0.15) is 34.2 Å². The monoisotopic (exact) mass is 488 g/mol. The largest absolute Gasteiger partial charge is 0.494 e. The molecule has 0 saturated carbocycles. The SMILES string of the molecule is CNC(=O)c1ccc(-n2nc(-c3ccc(C)nc3)c3c2-c2sc(NC(C)=O)nc2CC3)c(OC)c1. The molecule has 10 heteroatoms. The number of nitrogens with one attached hydrogen (secondary N) is 2. The van der Waals surface area contributed by atoms with Crippen molar-refractivity contribution in [2.45, 2.75) is 26.7 Å². The van der Waals surface area contributed by atoms with Crippen LogP contribution in [-0.4, -0.2) is 45.7 Å². The fourth-order valence-electron chi connectivity index (χ4n) is 4.23. The Morgan fingerprint density at radius 3 is 2.69 bits per heavy atom. The molecule has 0 radical (unpaired) electrons. The molecule has 5 rings (SSSR count). The number of anilines is 1. The molecule has 35 heavy (non-hydrogen) atoms. The number of thiazole rings is 1. The van der Waals surface area contributed by atoms with Crippen LogP contribution < -0.4 is 15.4 Å². The number of methoxy groups -OCH3 is 1. The number of pyridine rings is 1. The molecular weight excluding hydrogens is 464 g/mol. The first-order valence-corrected chi connectivity index (χ1v) is 11.9. The first kappa shape index (κ1) is 22.7. The third-order valence-electron chi connectivity index (χ3n) is 5.87. The summed E-state index contributed by atoms with van der Waals surface area (Å²) in [7, 11) is 3.16. The van der Waals surface area contributed by atoms with Gasteiger partial charge in [0.1, 0.15) is 11.4 Å². The fourth-order valence-corrected chi connectivity index (χ4v) is 5.34. The molecule has 3 heterocycles. The quantitative estimate of drug-likeness (QED) is 0.442. The number of rotatable bonds is 5. The van der Waals surface area contributed by atoms with E-state index in [4.69, 9.17) is 9.84 Å². The van der Waals surface area contributed by atoms with E-state index in [0.717, 1.165) is 51.6 Å². The molecule has 0 unspecified atom stereocenters. The van der Waals surface area contributed by atoms with Gasteiger partial charge >= 0.3 is 0 Å². The van der Waals surface area contributed by atoms with E-state index in [2.05, 4.69) is 20.6 Å². The summed E-state index contributed by atoms with van der Waals surface area (Å²) >= 11 is 1.43. The normalized spacial score (nSPS) is 12.0. The van der Waals surface area contributed by atoms with Crippen LogP contribution in [-0.2, 0) is 17.6 Å². The fraction of sp³-hybridized carbons (Fsp3) is 0.240.